The van der Waals surface area contributed by atoms with Crippen molar-refractivity contribution in [2.75, 3.05) is 26.2 Å². The van der Waals surface area contributed by atoms with Crippen LogP contribution in [-0.4, -0.2) is 42.9 Å². The summed E-state index contributed by atoms with van der Waals surface area (Å²) in [6.45, 7) is 3.37. The van der Waals surface area contributed by atoms with Crippen LogP contribution in [-0.2, 0) is 15.1 Å². The van der Waals surface area contributed by atoms with Crippen molar-refractivity contribution in [1.29, 1.82) is 0 Å². The second-order valence-electron chi connectivity index (χ2n) is 5.34. The maximum absolute atomic E-state index is 12.6. The Morgan fingerprint density at radius 3 is 2.40 bits per heavy atom. The van der Waals surface area contributed by atoms with E-state index in [1.165, 1.54) is 0 Å². The number of nitrogens with one attached hydrogen (secondary N) is 2. The monoisotopic (exact) mass is 273 g/mol. The van der Waals surface area contributed by atoms with Crippen molar-refractivity contribution in [2.45, 2.75) is 18.4 Å². The van der Waals surface area contributed by atoms with E-state index in [0.717, 1.165) is 31.7 Å². The fraction of sp³-hybridized carbons (Fsp3) is 0.467. The normalized spacial score (nSPS) is 28.2. The number of rotatable bonds is 2. The highest BCUT2D eigenvalue weighted by molar-refractivity contribution is 6.03. The van der Waals surface area contributed by atoms with E-state index >= 15 is 0 Å². The minimum absolute atomic E-state index is 0.170. The molecule has 2 saturated heterocycles. The summed E-state index contributed by atoms with van der Waals surface area (Å²) < 4.78 is 0. The van der Waals surface area contributed by atoms with Gasteiger partial charge in [-0.1, -0.05) is 30.3 Å². The van der Waals surface area contributed by atoms with Gasteiger partial charge < -0.3 is 5.32 Å². The Hall–Kier alpha value is -1.72. The molecule has 5 nitrogen and oxygen atoms in total. The highest BCUT2D eigenvalue weighted by Gasteiger charge is 2.48. The van der Waals surface area contributed by atoms with Gasteiger partial charge in [-0.05, 0) is 12.0 Å². The quantitative estimate of drug-likeness (QED) is 0.757. The Labute approximate surface area is 118 Å². The number of imide groups is 1. The summed E-state index contributed by atoms with van der Waals surface area (Å²) in [7, 11) is 0. The van der Waals surface area contributed by atoms with E-state index in [-0.39, 0.29) is 11.8 Å². The van der Waals surface area contributed by atoms with Crippen LogP contribution in [0, 0.1) is 0 Å². The summed E-state index contributed by atoms with van der Waals surface area (Å²) >= 11 is 0. The Morgan fingerprint density at radius 2 is 1.75 bits per heavy atom. The fourth-order valence-electron chi connectivity index (χ4n) is 3.22. The van der Waals surface area contributed by atoms with Gasteiger partial charge in [0.25, 0.3) is 5.91 Å². The smallest absolute Gasteiger partial charge is 0.251 e. The molecule has 0 radical (unpaired) electrons. The molecule has 2 amide bonds. The third-order valence-corrected chi connectivity index (χ3v) is 4.25. The zero-order chi connectivity index (χ0) is 14.0. The Morgan fingerprint density at radius 1 is 1.05 bits per heavy atom. The minimum Gasteiger partial charge on any atom is -0.314 e. The van der Waals surface area contributed by atoms with E-state index in [1.54, 1.807) is 0 Å². The molecule has 0 spiro atoms. The van der Waals surface area contributed by atoms with Crippen LogP contribution < -0.4 is 10.6 Å². The lowest BCUT2D eigenvalue weighted by atomic mass is 9.80. The van der Waals surface area contributed by atoms with Gasteiger partial charge in [0.15, 0.2) is 0 Å². The molecule has 106 valence electrons. The summed E-state index contributed by atoms with van der Waals surface area (Å²) in [5.74, 6) is -0.349. The first-order chi connectivity index (χ1) is 9.73. The molecule has 1 atom stereocenters. The number of carbonyl (C=O) groups is 2. The predicted octanol–water partition coefficient (Wildman–Crippen LogP) is 0.224. The van der Waals surface area contributed by atoms with Gasteiger partial charge in [-0.2, -0.15) is 0 Å². The zero-order valence-corrected chi connectivity index (χ0v) is 11.4. The SMILES string of the molecule is O=C1CCC(c2ccccc2)(N2CCNCC2)C(=O)N1. The molecule has 0 bridgehead atoms. The Kier molecular flexibility index (Phi) is 3.54. The molecule has 1 aromatic rings. The van der Waals surface area contributed by atoms with Gasteiger partial charge in [0.2, 0.25) is 5.91 Å². The topological polar surface area (TPSA) is 61.4 Å². The lowest BCUT2D eigenvalue weighted by Crippen LogP contribution is -2.64. The van der Waals surface area contributed by atoms with Crippen molar-refractivity contribution >= 4 is 11.8 Å². The predicted molar refractivity (Wildman–Crippen MR) is 74.9 cm³/mol. The van der Waals surface area contributed by atoms with E-state index in [1.807, 2.05) is 30.3 Å². The first-order valence-electron chi connectivity index (χ1n) is 7.09. The molecule has 2 aliphatic rings. The largest absolute Gasteiger partial charge is 0.314 e. The van der Waals surface area contributed by atoms with Crippen LogP contribution >= 0.6 is 0 Å². The first-order valence-corrected chi connectivity index (χ1v) is 7.09. The van der Waals surface area contributed by atoms with Crippen molar-refractivity contribution in [2.24, 2.45) is 0 Å². The number of hydrogen-bond acceptors (Lipinski definition) is 4. The van der Waals surface area contributed by atoms with Crippen LogP contribution in [0.25, 0.3) is 0 Å². The van der Waals surface area contributed by atoms with Crippen LogP contribution in [0.4, 0.5) is 0 Å². The number of hydrogen-bond donors (Lipinski definition) is 2. The number of benzene rings is 1. The maximum Gasteiger partial charge on any atom is 0.251 e. The van der Waals surface area contributed by atoms with E-state index < -0.39 is 5.54 Å². The van der Waals surface area contributed by atoms with Crippen molar-refractivity contribution in [1.82, 2.24) is 15.5 Å². The number of piperidine rings is 1. The molecule has 5 heteroatoms. The minimum atomic E-state index is -0.697. The van der Waals surface area contributed by atoms with Crippen LogP contribution in [0.1, 0.15) is 18.4 Å². The third-order valence-electron chi connectivity index (χ3n) is 4.25. The van der Waals surface area contributed by atoms with Crippen LogP contribution in [0.3, 0.4) is 0 Å². The van der Waals surface area contributed by atoms with Crippen LogP contribution in [0.5, 0.6) is 0 Å². The highest BCUT2D eigenvalue weighted by atomic mass is 16.2. The lowest BCUT2D eigenvalue weighted by Gasteiger charge is -2.46. The van der Waals surface area contributed by atoms with Gasteiger partial charge in [-0.25, -0.2) is 0 Å². The van der Waals surface area contributed by atoms with E-state index in [2.05, 4.69) is 15.5 Å². The van der Waals surface area contributed by atoms with E-state index in [0.29, 0.717) is 12.8 Å². The molecule has 2 heterocycles. The average molecular weight is 273 g/mol. The number of piperazine rings is 1. The van der Waals surface area contributed by atoms with Gasteiger partial charge >= 0.3 is 0 Å². The van der Waals surface area contributed by atoms with E-state index in [9.17, 15) is 9.59 Å². The van der Waals surface area contributed by atoms with Gasteiger partial charge in [-0.3, -0.25) is 19.8 Å². The van der Waals surface area contributed by atoms with Crippen molar-refractivity contribution in [3.05, 3.63) is 35.9 Å². The van der Waals surface area contributed by atoms with Crippen molar-refractivity contribution < 1.29 is 9.59 Å². The molecule has 2 aliphatic heterocycles. The highest BCUT2D eigenvalue weighted by Crippen LogP contribution is 2.36. The average Bonchev–Trinajstić information content (AvgIpc) is 2.50. The summed E-state index contributed by atoms with van der Waals surface area (Å²) in [6, 6.07) is 9.81. The molecule has 0 aromatic heterocycles. The molecular formula is C15H19N3O2. The van der Waals surface area contributed by atoms with Crippen molar-refractivity contribution in [3.8, 4) is 0 Å². The molecule has 0 aliphatic carbocycles. The molecule has 2 N–H and O–H groups in total. The summed E-state index contributed by atoms with van der Waals surface area (Å²) in [5.41, 5.74) is 0.281. The third kappa shape index (κ3) is 2.13. The summed E-state index contributed by atoms with van der Waals surface area (Å²) in [6.07, 6.45) is 0.951. The lowest BCUT2D eigenvalue weighted by molar-refractivity contribution is -0.145. The van der Waals surface area contributed by atoms with Crippen molar-refractivity contribution in [3.63, 3.8) is 0 Å². The number of nitrogens with zero attached hydrogens (tertiary/aromatic N) is 1. The molecule has 1 aromatic carbocycles. The number of amides is 2. The molecule has 20 heavy (non-hydrogen) atoms. The van der Waals surface area contributed by atoms with Crippen LogP contribution in [0.15, 0.2) is 30.3 Å². The standard InChI is InChI=1S/C15H19N3O2/c19-13-6-7-15(14(20)17-13,12-4-2-1-3-5-12)18-10-8-16-9-11-18/h1-5,16H,6-11H2,(H,17,19,20). The molecule has 1 unspecified atom stereocenters. The second kappa shape index (κ2) is 5.34. The molecule has 0 saturated carbocycles. The van der Waals surface area contributed by atoms with Gasteiger partial charge in [0.1, 0.15) is 5.54 Å². The second-order valence-corrected chi connectivity index (χ2v) is 5.34. The molecular weight excluding hydrogens is 254 g/mol. The van der Waals surface area contributed by atoms with Crippen LogP contribution in [0.2, 0.25) is 0 Å². The van der Waals surface area contributed by atoms with E-state index in [4.69, 9.17) is 0 Å². The summed E-state index contributed by atoms with van der Waals surface area (Å²) in [5, 5.41) is 5.83. The van der Waals surface area contributed by atoms with Gasteiger partial charge in [0, 0.05) is 32.6 Å². The Balaban J connectivity index is 2.02. The fourth-order valence-corrected chi connectivity index (χ4v) is 3.22. The maximum atomic E-state index is 12.6. The molecule has 3 rings (SSSR count). The van der Waals surface area contributed by atoms with Gasteiger partial charge in [-0.15, -0.1) is 0 Å². The Bertz CT molecular complexity index is 511. The summed E-state index contributed by atoms with van der Waals surface area (Å²) in [4.78, 5) is 26.4. The number of carbonyl (C=O) groups excluding carboxylic acids is 2. The molecule has 2 fully saturated rings. The first kappa shape index (κ1) is 13.3. The van der Waals surface area contributed by atoms with Gasteiger partial charge in [0.05, 0.1) is 0 Å². The zero-order valence-electron chi connectivity index (χ0n) is 11.4.